The van der Waals surface area contributed by atoms with Crippen molar-refractivity contribution < 1.29 is 17.3 Å². The molecule has 5 heteroatoms. The molecule has 10 heavy (non-hydrogen) atoms. The minimum absolute atomic E-state index is 0.0104. The molecule has 0 bridgehead atoms. The number of ether oxygens (including phenoxy) is 1. The third kappa shape index (κ3) is 1.93. The number of rotatable bonds is 1. The largest absolute Gasteiger partial charge is 0.380 e. The highest BCUT2D eigenvalue weighted by atomic mass is 32.2. The van der Waals surface area contributed by atoms with Crippen LogP contribution in [0.5, 0.6) is 0 Å². The highest BCUT2D eigenvalue weighted by Gasteiger charge is 2.24. The van der Waals surface area contributed by atoms with Gasteiger partial charge >= 0.3 is 0 Å². The first-order chi connectivity index (χ1) is 4.64. The second-order valence-corrected chi connectivity index (χ2v) is 3.88. The summed E-state index contributed by atoms with van der Waals surface area (Å²) in [7, 11) is -1.76. The second kappa shape index (κ2) is 2.86. The Bertz CT molecular complexity index is 196. The Morgan fingerprint density at radius 2 is 2.30 bits per heavy atom. The first-order valence-corrected chi connectivity index (χ1v) is 4.62. The smallest absolute Gasteiger partial charge is 0.269 e. The van der Waals surface area contributed by atoms with Crippen molar-refractivity contribution in [3.63, 3.8) is 0 Å². The van der Waals surface area contributed by atoms with E-state index in [9.17, 15) is 8.42 Å². The van der Waals surface area contributed by atoms with Crippen LogP contribution in [0, 0.1) is 0 Å². The van der Waals surface area contributed by atoms with Gasteiger partial charge in [-0.1, -0.05) is 0 Å². The minimum atomic E-state index is -3.27. The van der Waals surface area contributed by atoms with Crippen LogP contribution in [0.25, 0.3) is 0 Å². The lowest BCUT2D eigenvalue weighted by atomic mass is 10.3. The van der Waals surface area contributed by atoms with Gasteiger partial charge in [-0.15, -0.1) is 0 Å². The molecule has 4 nitrogen and oxygen atoms in total. The summed E-state index contributed by atoms with van der Waals surface area (Å²) in [6, 6.07) is 0. The van der Waals surface area contributed by atoms with Crippen molar-refractivity contribution in [2.75, 3.05) is 19.5 Å². The first-order valence-electron chi connectivity index (χ1n) is 3.04. The molecular formula is C5H10O4S. The quantitative estimate of drug-likeness (QED) is 0.504. The molecule has 1 aliphatic heterocycles. The Kier molecular flexibility index (Phi) is 2.28. The van der Waals surface area contributed by atoms with E-state index in [1.165, 1.54) is 7.11 Å². The summed E-state index contributed by atoms with van der Waals surface area (Å²) in [5.74, 6) is -0.0104. The van der Waals surface area contributed by atoms with Crippen LogP contribution in [0.15, 0.2) is 0 Å². The van der Waals surface area contributed by atoms with Gasteiger partial charge in [0.05, 0.1) is 12.7 Å². The van der Waals surface area contributed by atoms with Crippen LogP contribution >= 0.6 is 0 Å². The summed E-state index contributed by atoms with van der Waals surface area (Å²) in [6.45, 7) is 0.251. The molecule has 0 saturated carbocycles. The molecule has 60 valence electrons. The molecule has 0 amide bonds. The summed E-state index contributed by atoms with van der Waals surface area (Å²) < 4.78 is 30.8. The van der Waals surface area contributed by atoms with Crippen molar-refractivity contribution in [3.05, 3.63) is 0 Å². The molecule has 1 saturated heterocycles. The topological polar surface area (TPSA) is 52.6 Å². The second-order valence-electron chi connectivity index (χ2n) is 2.19. The van der Waals surface area contributed by atoms with Gasteiger partial charge in [0.1, 0.15) is 5.75 Å². The average Bonchev–Trinajstić information content (AvgIpc) is 1.86. The van der Waals surface area contributed by atoms with E-state index in [4.69, 9.17) is 4.74 Å². The lowest BCUT2D eigenvalue weighted by Crippen LogP contribution is -2.31. The molecule has 0 aliphatic carbocycles. The molecule has 0 radical (unpaired) electrons. The molecule has 1 fully saturated rings. The maximum Gasteiger partial charge on any atom is 0.269 e. The highest BCUT2D eigenvalue weighted by Crippen LogP contribution is 2.11. The van der Waals surface area contributed by atoms with E-state index < -0.39 is 10.1 Å². The van der Waals surface area contributed by atoms with Gasteiger partial charge in [0.2, 0.25) is 0 Å². The SMILES string of the molecule is COC1CCOS(=O)(=O)C1. The predicted octanol–water partition coefficient (Wildman–Crippen LogP) is -0.248. The zero-order chi connectivity index (χ0) is 7.61. The van der Waals surface area contributed by atoms with Gasteiger partial charge < -0.3 is 4.74 Å². The zero-order valence-electron chi connectivity index (χ0n) is 5.74. The molecular weight excluding hydrogens is 156 g/mol. The minimum Gasteiger partial charge on any atom is -0.380 e. The number of methoxy groups -OCH3 is 1. The van der Waals surface area contributed by atoms with E-state index in [2.05, 4.69) is 4.18 Å². The number of hydrogen-bond donors (Lipinski definition) is 0. The molecule has 0 aromatic rings. The lowest BCUT2D eigenvalue weighted by Gasteiger charge is -2.19. The van der Waals surface area contributed by atoms with Gasteiger partial charge in [-0.3, -0.25) is 4.18 Å². The summed E-state index contributed by atoms with van der Waals surface area (Å²) in [4.78, 5) is 0. The van der Waals surface area contributed by atoms with Crippen molar-refractivity contribution in [1.82, 2.24) is 0 Å². The molecule has 1 rings (SSSR count). The van der Waals surface area contributed by atoms with E-state index in [-0.39, 0.29) is 18.5 Å². The Balaban J connectivity index is 2.56. The van der Waals surface area contributed by atoms with Crippen molar-refractivity contribution >= 4 is 10.1 Å². The van der Waals surface area contributed by atoms with E-state index in [1.54, 1.807) is 0 Å². The fourth-order valence-electron chi connectivity index (χ4n) is 0.852. The van der Waals surface area contributed by atoms with Crippen LogP contribution in [0.4, 0.5) is 0 Å². The van der Waals surface area contributed by atoms with Gasteiger partial charge in [-0.2, -0.15) is 8.42 Å². The lowest BCUT2D eigenvalue weighted by molar-refractivity contribution is 0.0835. The van der Waals surface area contributed by atoms with Gasteiger partial charge in [-0.05, 0) is 6.42 Å². The third-order valence-electron chi connectivity index (χ3n) is 1.43. The highest BCUT2D eigenvalue weighted by molar-refractivity contribution is 7.86. The maximum absolute atomic E-state index is 10.7. The molecule has 0 N–H and O–H groups in total. The van der Waals surface area contributed by atoms with Crippen LogP contribution < -0.4 is 0 Å². The van der Waals surface area contributed by atoms with Gasteiger partial charge in [-0.25, -0.2) is 0 Å². The van der Waals surface area contributed by atoms with E-state index in [0.717, 1.165) is 0 Å². The molecule has 0 aromatic carbocycles. The molecule has 1 aliphatic rings. The van der Waals surface area contributed by atoms with Crippen molar-refractivity contribution in [1.29, 1.82) is 0 Å². The third-order valence-corrected chi connectivity index (χ3v) is 2.73. The van der Waals surface area contributed by atoms with Crippen LogP contribution in [-0.4, -0.2) is 34.0 Å². The van der Waals surface area contributed by atoms with Crippen LogP contribution in [0.3, 0.4) is 0 Å². The zero-order valence-corrected chi connectivity index (χ0v) is 6.56. The van der Waals surface area contributed by atoms with E-state index >= 15 is 0 Å². The Morgan fingerprint density at radius 3 is 2.70 bits per heavy atom. The fourth-order valence-corrected chi connectivity index (χ4v) is 2.06. The van der Waals surface area contributed by atoms with Gasteiger partial charge in [0, 0.05) is 7.11 Å². The average molecular weight is 166 g/mol. The summed E-state index contributed by atoms with van der Waals surface area (Å²) in [5.41, 5.74) is 0. The molecule has 1 atom stereocenters. The van der Waals surface area contributed by atoms with Gasteiger partial charge in [0.25, 0.3) is 10.1 Å². The summed E-state index contributed by atoms with van der Waals surface area (Å²) in [6.07, 6.45) is 0.481. The normalized spacial score (nSPS) is 31.9. The van der Waals surface area contributed by atoms with E-state index in [0.29, 0.717) is 6.42 Å². The Labute approximate surface area is 60.3 Å². The molecule has 1 heterocycles. The maximum atomic E-state index is 10.7. The standard InChI is InChI=1S/C5H10O4S/c1-8-5-2-3-9-10(6,7)4-5/h5H,2-4H2,1H3. The Morgan fingerprint density at radius 1 is 1.60 bits per heavy atom. The molecule has 0 spiro atoms. The van der Waals surface area contributed by atoms with Crippen LogP contribution in [-0.2, 0) is 19.0 Å². The predicted molar refractivity (Wildman–Crippen MR) is 35.2 cm³/mol. The monoisotopic (exact) mass is 166 g/mol. The van der Waals surface area contributed by atoms with Crippen molar-refractivity contribution in [3.8, 4) is 0 Å². The van der Waals surface area contributed by atoms with Crippen molar-refractivity contribution in [2.45, 2.75) is 12.5 Å². The van der Waals surface area contributed by atoms with Crippen LogP contribution in [0.2, 0.25) is 0 Å². The fraction of sp³-hybridized carbons (Fsp3) is 1.00. The summed E-state index contributed by atoms with van der Waals surface area (Å²) in [5, 5.41) is 0. The molecule has 0 aromatic heterocycles. The first kappa shape index (κ1) is 7.97. The Hall–Kier alpha value is -0.130. The van der Waals surface area contributed by atoms with Gasteiger partial charge in [0.15, 0.2) is 0 Å². The summed E-state index contributed by atoms with van der Waals surface area (Å²) >= 11 is 0. The van der Waals surface area contributed by atoms with Crippen molar-refractivity contribution in [2.24, 2.45) is 0 Å². The van der Waals surface area contributed by atoms with E-state index in [1.807, 2.05) is 0 Å². The molecule has 1 unspecified atom stereocenters. The van der Waals surface area contributed by atoms with Crippen LogP contribution in [0.1, 0.15) is 6.42 Å². The number of hydrogen-bond acceptors (Lipinski definition) is 4.